The van der Waals surface area contributed by atoms with Gasteiger partial charge in [0.25, 0.3) is 5.91 Å². The number of hydrogen-bond donors (Lipinski definition) is 1. The van der Waals surface area contributed by atoms with E-state index in [1.165, 1.54) is 18.2 Å². The molecular formula is C25H27N3O3S. The van der Waals surface area contributed by atoms with Gasteiger partial charge in [-0.05, 0) is 35.4 Å². The lowest BCUT2D eigenvalue weighted by molar-refractivity contribution is 0.0606. The number of carbonyl (C=O) groups excluding carboxylic acids is 2. The van der Waals surface area contributed by atoms with Crippen molar-refractivity contribution in [2.75, 3.05) is 38.6 Å². The molecule has 1 aliphatic heterocycles. The monoisotopic (exact) mass is 449 g/mol. The van der Waals surface area contributed by atoms with E-state index in [0.29, 0.717) is 9.75 Å². The number of piperazine rings is 1. The van der Waals surface area contributed by atoms with Gasteiger partial charge in [0, 0.05) is 45.0 Å². The number of rotatable bonds is 7. The Morgan fingerprint density at radius 1 is 0.812 bits per heavy atom. The molecule has 166 valence electrons. The van der Waals surface area contributed by atoms with E-state index in [2.05, 4.69) is 62.3 Å². The summed E-state index contributed by atoms with van der Waals surface area (Å²) in [5.41, 5.74) is 3.32. The van der Waals surface area contributed by atoms with Crippen molar-refractivity contribution in [2.45, 2.75) is 13.1 Å². The van der Waals surface area contributed by atoms with Crippen molar-refractivity contribution in [3.63, 3.8) is 0 Å². The van der Waals surface area contributed by atoms with E-state index in [0.717, 1.165) is 56.3 Å². The first-order valence-electron chi connectivity index (χ1n) is 10.7. The quantitative estimate of drug-likeness (QED) is 0.550. The largest absolute Gasteiger partial charge is 0.465 e. The van der Waals surface area contributed by atoms with Crippen molar-refractivity contribution in [3.05, 3.63) is 87.6 Å². The number of methoxy groups -OCH3 is 1. The van der Waals surface area contributed by atoms with Crippen LogP contribution in [0.3, 0.4) is 0 Å². The Bertz CT molecular complexity index is 1040. The number of carbonyl (C=O) groups is 2. The Hall–Kier alpha value is -3.00. The van der Waals surface area contributed by atoms with Crippen molar-refractivity contribution >= 4 is 28.9 Å². The third-order valence-electron chi connectivity index (χ3n) is 5.55. The Kier molecular flexibility index (Phi) is 7.32. The van der Waals surface area contributed by atoms with Crippen LogP contribution in [-0.2, 0) is 17.8 Å². The van der Waals surface area contributed by atoms with Gasteiger partial charge in [0.15, 0.2) is 0 Å². The molecule has 4 rings (SSSR count). The molecule has 0 atom stereocenters. The number of ether oxygens (including phenoxy) is 1. The first-order valence-corrected chi connectivity index (χ1v) is 11.5. The Labute approximate surface area is 192 Å². The highest BCUT2D eigenvalue weighted by molar-refractivity contribution is 7.16. The molecule has 1 fully saturated rings. The summed E-state index contributed by atoms with van der Waals surface area (Å²) < 4.78 is 4.69. The average Bonchev–Trinajstić information content (AvgIpc) is 3.32. The molecular weight excluding hydrogens is 422 g/mol. The van der Waals surface area contributed by atoms with Gasteiger partial charge >= 0.3 is 5.97 Å². The summed E-state index contributed by atoms with van der Waals surface area (Å²) in [5, 5.41) is 2.89. The van der Waals surface area contributed by atoms with Crippen molar-refractivity contribution in [3.8, 4) is 0 Å². The highest BCUT2D eigenvalue weighted by Crippen LogP contribution is 2.20. The van der Waals surface area contributed by atoms with E-state index >= 15 is 0 Å². The number of benzene rings is 2. The summed E-state index contributed by atoms with van der Waals surface area (Å²) in [6, 6.07) is 21.8. The minimum atomic E-state index is -0.431. The van der Waals surface area contributed by atoms with Gasteiger partial charge in [0.05, 0.1) is 12.0 Å². The van der Waals surface area contributed by atoms with E-state index in [4.69, 9.17) is 0 Å². The van der Waals surface area contributed by atoms with Gasteiger partial charge in [-0.2, -0.15) is 0 Å². The smallest absolute Gasteiger partial charge is 0.348 e. The Morgan fingerprint density at radius 2 is 1.38 bits per heavy atom. The fourth-order valence-corrected chi connectivity index (χ4v) is 4.58. The van der Waals surface area contributed by atoms with E-state index < -0.39 is 5.97 Å². The third-order valence-corrected chi connectivity index (χ3v) is 6.61. The number of nitrogens with zero attached hydrogens (tertiary/aromatic N) is 2. The summed E-state index contributed by atoms with van der Waals surface area (Å²) in [7, 11) is 1.33. The van der Waals surface area contributed by atoms with Crippen molar-refractivity contribution in [2.24, 2.45) is 0 Å². The molecule has 1 N–H and O–H groups in total. The highest BCUT2D eigenvalue weighted by Gasteiger charge is 2.17. The van der Waals surface area contributed by atoms with Crippen molar-refractivity contribution in [1.29, 1.82) is 0 Å². The molecule has 0 radical (unpaired) electrons. The zero-order valence-corrected chi connectivity index (χ0v) is 18.9. The van der Waals surface area contributed by atoms with E-state index in [1.54, 1.807) is 12.1 Å². The zero-order chi connectivity index (χ0) is 22.3. The molecule has 0 unspecified atom stereocenters. The second kappa shape index (κ2) is 10.5. The van der Waals surface area contributed by atoms with Crippen LogP contribution in [0.5, 0.6) is 0 Å². The molecule has 1 aliphatic rings. The normalized spacial score (nSPS) is 14.8. The maximum Gasteiger partial charge on any atom is 0.348 e. The maximum atomic E-state index is 12.4. The second-order valence-electron chi connectivity index (χ2n) is 7.84. The van der Waals surface area contributed by atoms with Crippen LogP contribution < -0.4 is 5.32 Å². The first-order chi connectivity index (χ1) is 15.6. The molecule has 2 heterocycles. The highest BCUT2D eigenvalue weighted by atomic mass is 32.1. The van der Waals surface area contributed by atoms with Crippen LogP contribution in [0.2, 0.25) is 0 Å². The maximum absolute atomic E-state index is 12.4. The van der Waals surface area contributed by atoms with Crippen molar-refractivity contribution in [1.82, 2.24) is 9.80 Å². The zero-order valence-electron chi connectivity index (χ0n) is 18.1. The van der Waals surface area contributed by atoms with Gasteiger partial charge in [-0.1, -0.05) is 42.5 Å². The number of amides is 1. The van der Waals surface area contributed by atoms with Gasteiger partial charge in [0.2, 0.25) is 0 Å². The number of nitrogens with one attached hydrogen (secondary N) is 1. The molecule has 7 heteroatoms. The van der Waals surface area contributed by atoms with Gasteiger partial charge in [-0.15, -0.1) is 11.3 Å². The van der Waals surface area contributed by atoms with Gasteiger partial charge in [-0.3, -0.25) is 14.6 Å². The lowest BCUT2D eigenvalue weighted by Gasteiger charge is -2.34. The number of hydrogen-bond acceptors (Lipinski definition) is 6. The Balaban J connectivity index is 1.25. The fourth-order valence-electron chi connectivity index (χ4n) is 3.76. The lowest BCUT2D eigenvalue weighted by atomic mass is 10.1. The van der Waals surface area contributed by atoms with Crippen LogP contribution in [-0.4, -0.2) is 55.0 Å². The van der Waals surface area contributed by atoms with Crippen LogP contribution in [0.1, 0.15) is 30.5 Å². The van der Waals surface area contributed by atoms with Crippen LogP contribution in [0.15, 0.2) is 66.7 Å². The molecule has 0 aliphatic carbocycles. The SMILES string of the molecule is COC(=O)c1ccc(C(=O)Nc2ccc(CN3CCN(Cc4ccccc4)CC3)cc2)s1. The molecule has 2 aromatic carbocycles. The standard InChI is InChI=1S/C25H27N3O3S/c1-31-25(30)23-12-11-22(32-23)24(29)26-21-9-7-20(8-10-21)18-28-15-13-27(14-16-28)17-19-5-3-2-4-6-19/h2-12H,13-18H2,1H3,(H,26,29). The van der Waals surface area contributed by atoms with Crippen LogP contribution in [0, 0.1) is 0 Å². The minimum Gasteiger partial charge on any atom is -0.465 e. The second-order valence-corrected chi connectivity index (χ2v) is 8.93. The van der Waals surface area contributed by atoms with Crippen LogP contribution >= 0.6 is 11.3 Å². The molecule has 0 saturated carbocycles. The van der Waals surface area contributed by atoms with Crippen LogP contribution in [0.4, 0.5) is 5.69 Å². The molecule has 3 aromatic rings. The third kappa shape index (κ3) is 5.82. The summed E-state index contributed by atoms with van der Waals surface area (Å²) >= 11 is 1.12. The molecule has 1 saturated heterocycles. The molecule has 32 heavy (non-hydrogen) atoms. The molecule has 1 amide bonds. The molecule has 0 bridgehead atoms. The van der Waals surface area contributed by atoms with Gasteiger partial charge in [0.1, 0.15) is 4.88 Å². The summed E-state index contributed by atoms with van der Waals surface area (Å²) in [4.78, 5) is 29.9. The predicted octanol–water partition coefficient (Wildman–Crippen LogP) is 4.10. The molecule has 6 nitrogen and oxygen atoms in total. The predicted molar refractivity (Wildman–Crippen MR) is 127 cm³/mol. The number of esters is 1. The molecule has 1 aromatic heterocycles. The van der Waals surface area contributed by atoms with E-state index in [-0.39, 0.29) is 5.91 Å². The minimum absolute atomic E-state index is 0.229. The topological polar surface area (TPSA) is 61.9 Å². The van der Waals surface area contributed by atoms with Crippen molar-refractivity contribution < 1.29 is 14.3 Å². The lowest BCUT2D eigenvalue weighted by Crippen LogP contribution is -2.45. The first kappa shape index (κ1) is 22.2. The average molecular weight is 450 g/mol. The van der Waals surface area contributed by atoms with Gasteiger partial charge < -0.3 is 10.1 Å². The fraction of sp³-hybridized carbons (Fsp3) is 0.280. The summed E-state index contributed by atoms with van der Waals surface area (Å²) in [6.45, 7) is 6.14. The van der Waals surface area contributed by atoms with Gasteiger partial charge in [-0.25, -0.2) is 4.79 Å². The number of thiophene rings is 1. The Morgan fingerprint density at radius 3 is 1.97 bits per heavy atom. The summed E-state index contributed by atoms with van der Waals surface area (Å²) in [5.74, 6) is -0.660. The molecule has 0 spiro atoms. The van der Waals surface area contributed by atoms with E-state index in [9.17, 15) is 9.59 Å². The summed E-state index contributed by atoms with van der Waals surface area (Å²) in [6.07, 6.45) is 0. The number of anilines is 1. The van der Waals surface area contributed by atoms with Crippen LogP contribution in [0.25, 0.3) is 0 Å². The van der Waals surface area contributed by atoms with E-state index in [1.807, 2.05) is 12.1 Å².